The molecule has 0 spiro atoms. The Kier molecular flexibility index (Phi) is 6.53. The number of benzene rings is 1. The van der Waals surface area contributed by atoms with Gasteiger partial charge in [0, 0.05) is 17.1 Å². The molecular formula is C18H29ClN2. The van der Waals surface area contributed by atoms with E-state index in [1.165, 1.54) is 44.5 Å². The number of piperidine rings is 1. The van der Waals surface area contributed by atoms with Crippen LogP contribution in [0.1, 0.15) is 51.6 Å². The van der Waals surface area contributed by atoms with E-state index in [2.05, 4.69) is 43.1 Å². The van der Waals surface area contributed by atoms with Crippen LogP contribution in [-0.2, 0) is 0 Å². The summed E-state index contributed by atoms with van der Waals surface area (Å²) in [6, 6.07) is 9.37. The fourth-order valence-electron chi connectivity index (χ4n) is 3.24. The van der Waals surface area contributed by atoms with E-state index in [4.69, 9.17) is 11.6 Å². The van der Waals surface area contributed by atoms with Gasteiger partial charge in [-0.2, -0.15) is 0 Å². The summed E-state index contributed by atoms with van der Waals surface area (Å²) in [5.74, 6) is 0.583. The summed E-state index contributed by atoms with van der Waals surface area (Å²) >= 11 is 6.01. The van der Waals surface area contributed by atoms with Crippen molar-refractivity contribution in [1.82, 2.24) is 10.2 Å². The first kappa shape index (κ1) is 16.8. The maximum Gasteiger partial charge on any atom is 0.0406 e. The largest absolute Gasteiger partial charge is 0.307 e. The topological polar surface area (TPSA) is 15.3 Å². The van der Waals surface area contributed by atoms with E-state index in [0.29, 0.717) is 18.0 Å². The highest BCUT2D eigenvalue weighted by molar-refractivity contribution is 6.30. The van der Waals surface area contributed by atoms with E-state index in [-0.39, 0.29) is 0 Å². The van der Waals surface area contributed by atoms with Gasteiger partial charge in [0.15, 0.2) is 0 Å². The van der Waals surface area contributed by atoms with Gasteiger partial charge < -0.3 is 10.2 Å². The van der Waals surface area contributed by atoms with Crippen molar-refractivity contribution in [3.8, 4) is 0 Å². The molecule has 1 aliphatic rings. The number of nitrogens with zero attached hydrogens (tertiary/aromatic N) is 1. The van der Waals surface area contributed by atoms with Crippen molar-refractivity contribution in [3.63, 3.8) is 0 Å². The van der Waals surface area contributed by atoms with Crippen LogP contribution in [0.2, 0.25) is 5.02 Å². The van der Waals surface area contributed by atoms with E-state index in [0.717, 1.165) is 5.02 Å². The lowest BCUT2D eigenvalue weighted by atomic mass is 9.93. The normalized spacial score (nSPS) is 19.1. The number of halogens is 1. The lowest BCUT2D eigenvalue weighted by Gasteiger charge is -2.35. The van der Waals surface area contributed by atoms with Gasteiger partial charge in [-0.05, 0) is 62.5 Å². The molecule has 0 aliphatic carbocycles. The number of rotatable bonds is 6. The lowest BCUT2D eigenvalue weighted by Crippen LogP contribution is -2.44. The van der Waals surface area contributed by atoms with Crippen LogP contribution in [0.15, 0.2) is 24.3 Å². The zero-order valence-corrected chi connectivity index (χ0v) is 14.4. The molecule has 1 heterocycles. The third-order valence-electron chi connectivity index (χ3n) is 4.44. The molecule has 0 amide bonds. The van der Waals surface area contributed by atoms with E-state index in [9.17, 15) is 0 Å². The second-order valence-corrected chi connectivity index (χ2v) is 6.99. The molecule has 1 unspecified atom stereocenters. The van der Waals surface area contributed by atoms with Crippen molar-refractivity contribution in [3.05, 3.63) is 34.9 Å². The molecule has 2 rings (SSSR count). The molecule has 1 N–H and O–H groups in total. The molecule has 3 heteroatoms. The number of hydrogen-bond acceptors (Lipinski definition) is 2. The molecular weight excluding hydrogens is 280 g/mol. The van der Waals surface area contributed by atoms with Crippen LogP contribution in [0.3, 0.4) is 0 Å². The van der Waals surface area contributed by atoms with Gasteiger partial charge in [0.25, 0.3) is 0 Å². The molecule has 1 fully saturated rings. The summed E-state index contributed by atoms with van der Waals surface area (Å²) in [6.45, 7) is 10.6. The standard InChI is InChI=1S/C18H29ClN2/c1-4-11-21-12-9-17(10-13-21)20-18(14(2)3)15-5-7-16(19)8-6-15/h5-8,14,17-18,20H,4,9-13H2,1-3H3. The fraction of sp³-hybridized carbons (Fsp3) is 0.667. The van der Waals surface area contributed by atoms with Crippen LogP contribution < -0.4 is 5.32 Å². The molecule has 0 bridgehead atoms. The predicted octanol–water partition coefficient (Wildman–Crippen LogP) is 4.50. The van der Waals surface area contributed by atoms with Gasteiger partial charge in [-0.1, -0.05) is 44.5 Å². The minimum atomic E-state index is 0.421. The van der Waals surface area contributed by atoms with E-state index >= 15 is 0 Å². The third-order valence-corrected chi connectivity index (χ3v) is 4.69. The second kappa shape index (κ2) is 8.17. The Bertz CT molecular complexity index is 408. The van der Waals surface area contributed by atoms with Gasteiger partial charge in [-0.15, -0.1) is 0 Å². The van der Waals surface area contributed by atoms with Crippen molar-refractivity contribution in [2.24, 2.45) is 5.92 Å². The molecule has 0 radical (unpaired) electrons. The average Bonchev–Trinajstić information content (AvgIpc) is 2.47. The van der Waals surface area contributed by atoms with Crippen molar-refractivity contribution in [2.75, 3.05) is 19.6 Å². The Balaban J connectivity index is 1.93. The maximum absolute atomic E-state index is 6.01. The zero-order valence-electron chi connectivity index (χ0n) is 13.6. The van der Waals surface area contributed by atoms with Crippen LogP contribution in [0.4, 0.5) is 0 Å². The van der Waals surface area contributed by atoms with Gasteiger partial charge >= 0.3 is 0 Å². The average molecular weight is 309 g/mol. The minimum absolute atomic E-state index is 0.421. The van der Waals surface area contributed by atoms with Gasteiger partial charge in [0.1, 0.15) is 0 Å². The van der Waals surface area contributed by atoms with Crippen LogP contribution in [0.25, 0.3) is 0 Å². The summed E-state index contributed by atoms with van der Waals surface area (Å²) in [6.07, 6.45) is 3.78. The Morgan fingerprint density at radius 2 is 1.81 bits per heavy atom. The van der Waals surface area contributed by atoms with Gasteiger partial charge in [0.05, 0.1) is 0 Å². The summed E-state index contributed by atoms with van der Waals surface area (Å²) in [5, 5.41) is 4.70. The fourth-order valence-corrected chi connectivity index (χ4v) is 3.36. The molecule has 0 aromatic heterocycles. The van der Waals surface area contributed by atoms with Gasteiger partial charge in [-0.3, -0.25) is 0 Å². The third kappa shape index (κ3) is 4.98. The quantitative estimate of drug-likeness (QED) is 0.832. The molecule has 2 nitrogen and oxygen atoms in total. The highest BCUT2D eigenvalue weighted by atomic mass is 35.5. The molecule has 118 valence electrons. The molecule has 21 heavy (non-hydrogen) atoms. The van der Waals surface area contributed by atoms with Crippen molar-refractivity contribution < 1.29 is 0 Å². The lowest BCUT2D eigenvalue weighted by molar-refractivity contribution is 0.184. The Morgan fingerprint density at radius 1 is 1.19 bits per heavy atom. The number of likely N-dealkylation sites (tertiary alicyclic amines) is 1. The van der Waals surface area contributed by atoms with Crippen LogP contribution in [0, 0.1) is 5.92 Å². The minimum Gasteiger partial charge on any atom is -0.307 e. The first-order chi connectivity index (χ1) is 10.1. The monoisotopic (exact) mass is 308 g/mol. The second-order valence-electron chi connectivity index (χ2n) is 6.56. The Morgan fingerprint density at radius 3 is 2.33 bits per heavy atom. The summed E-state index contributed by atoms with van der Waals surface area (Å²) in [5.41, 5.74) is 1.35. The van der Waals surface area contributed by atoms with E-state index in [1.807, 2.05) is 12.1 Å². The van der Waals surface area contributed by atoms with Crippen molar-refractivity contribution in [2.45, 2.75) is 52.1 Å². The maximum atomic E-state index is 6.01. The Hall–Kier alpha value is -0.570. The molecule has 1 aromatic carbocycles. The molecule has 1 atom stereocenters. The zero-order chi connectivity index (χ0) is 15.2. The molecule has 1 aromatic rings. The van der Waals surface area contributed by atoms with Crippen LogP contribution in [-0.4, -0.2) is 30.6 Å². The summed E-state index contributed by atoms with van der Waals surface area (Å²) < 4.78 is 0. The van der Waals surface area contributed by atoms with Gasteiger partial charge in [0.2, 0.25) is 0 Å². The van der Waals surface area contributed by atoms with Crippen LogP contribution >= 0.6 is 11.6 Å². The molecule has 1 saturated heterocycles. The first-order valence-corrected chi connectivity index (χ1v) is 8.71. The van der Waals surface area contributed by atoms with E-state index < -0.39 is 0 Å². The molecule has 1 aliphatic heterocycles. The van der Waals surface area contributed by atoms with E-state index in [1.54, 1.807) is 0 Å². The highest BCUT2D eigenvalue weighted by Gasteiger charge is 2.23. The Labute approximate surface area is 134 Å². The first-order valence-electron chi connectivity index (χ1n) is 8.34. The summed E-state index contributed by atoms with van der Waals surface area (Å²) in [7, 11) is 0. The highest BCUT2D eigenvalue weighted by Crippen LogP contribution is 2.25. The number of nitrogens with one attached hydrogen (secondary N) is 1. The molecule has 0 saturated carbocycles. The summed E-state index contributed by atoms with van der Waals surface area (Å²) in [4.78, 5) is 2.59. The van der Waals surface area contributed by atoms with Crippen LogP contribution in [0.5, 0.6) is 0 Å². The predicted molar refractivity (Wildman–Crippen MR) is 91.9 cm³/mol. The number of hydrogen-bond donors (Lipinski definition) is 1. The van der Waals surface area contributed by atoms with Gasteiger partial charge in [-0.25, -0.2) is 0 Å². The van der Waals surface area contributed by atoms with Crippen molar-refractivity contribution >= 4 is 11.6 Å². The van der Waals surface area contributed by atoms with Crippen molar-refractivity contribution in [1.29, 1.82) is 0 Å². The SMILES string of the molecule is CCCN1CCC(NC(c2ccc(Cl)cc2)C(C)C)CC1. The smallest absolute Gasteiger partial charge is 0.0406 e.